The smallest absolute Gasteiger partial charge is 0.177 e. The summed E-state index contributed by atoms with van der Waals surface area (Å²) in [5.74, 6) is -0.0620. The molecule has 8 heteroatoms. The van der Waals surface area contributed by atoms with E-state index < -0.39 is 21.6 Å². The Morgan fingerprint density at radius 1 is 1.24 bits per heavy atom. The van der Waals surface area contributed by atoms with Crippen molar-refractivity contribution < 1.29 is 17.6 Å². The zero-order valence-corrected chi connectivity index (χ0v) is 16.4. The number of ketones is 1. The standard InChI is InChI=1S/C17H15BrFNO3S2/c18-10-6-9(3-4-11(10)19)15-16-13(7-24-8-14(16)21)20-12-2-1-5-25(22,23)17(12)15/h3-4,6,15,20H,1-2,5,7-8H2. The summed E-state index contributed by atoms with van der Waals surface area (Å²) in [5, 5.41) is 3.22. The minimum Gasteiger partial charge on any atom is -0.360 e. The quantitative estimate of drug-likeness (QED) is 0.721. The molecular weight excluding hydrogens is 429 g/mol. The maximum Gasteiger partial charge on any atom is 0.177 e. The molecular formula is C17H15BrFNO3S2. The van der Waals surface area contributed by atoms with Crippen molar-refractivity contribution in [3.05, 3.63) is 55.9 Å². The Morgan fingerprint density at radius 2 is 2.04 bits per heavy atom. The lowest BCUT2D eigenvalue weighted by Gasteiger charge is -2.37. The molecule has 0 saturated heterocycles. The van der Waals surface area contributed by atoms with Gasteiger partial charge in [0, 0.05) is 22.7 Å². The van der Waals surface area contributed by atoms with E-state index in [9.17, 15) is 17.6 Å². The van der Waals surface area contributed by atoms with Crippen LogP contribution >= 0.6 is 27.7 Å². The minimum absolute atomic E-state index is 0.0588. The van der Waals surface area contributed by atoms with Gasteiger partial charge in [0.2, 0.25) is 0 Å². The molecule has 1 N–H and O–H groups in total. The topological polar surface area (TPSA) is 63.2 Å². The van der Waals surface area contributed by atoms with Crippen LogP contribution in [0.3, 0.4) is 0 Å². The molecule has 25 heavy (non-hydrogen) atoms. The average molecular weight is 444 g/mol. The van der Waals surface area contributed by atoms with Gasteiger partial charge in [0.05, 0.1) is 26.8 Å². The van der Waals surface area contributed by atoms with E-state index >= 15 is 0 Å². The highest BCUT2D eigenvalue weighted by Crippen LogP contribution is 2.46. The van der Waals surface area contributed by atoms with Crippen LogP contribution in [0.25, 0.3) is 0 Å². The van der Waals surface area contributed by atoms with Gasteiger partial charge in [-0.05, 0) is 46.5 Å². The number of hydrogen-bond acceptors (Lipinski definition) is 5. The van der Waals surface area contributed by atoms with Crippen LogP contribution in [0.15, 0.2) is 44.5 Å². The fraction of sp³-hybridized carbons (Fsp3) is 0.353. The van der Waals surface area contributed by atoms with Crippen molar-refractivity contribution in [2.75, 3.05) is 17.3 Å². The lowest BCUT2D eigenvalue weighted by Crippen LogP contribution is -2.38. The van der Waals surface area contributed by atoms with Crippen molar-refractivity contribution in [3.8, 4) is 0 Å². The molecule has 0 saturated carbocycles. The number of rotatable bonds is 1. The number of hydrogen-bond donors (Lipinski definition) is 1. The molecule has 0 bridgehead atoms. The molecule has 0 aliphatic carbocycles. The summed E-state index contributed by atoms with van der Waals surface area (Å²) in [7, 11) is -3.46. The third kappa shape index (κ3) is 2.88. The summed E-state index contributed by atoms with van der Waals surface area (Å²) >= 11 is 4.69. The molecule has 3 heterocycles. The number of nitrogens with one attached hydrogen (secondary N) is 1. The van der Waals surface area contributed by atoms with E-state index in [4.69, 9.17) is 0 Å². The van der Waals surface area contributed by atoms with E-state index in [0.717, 1.165) is 5.70 Å². The van der Waals surface area contributed by atoms with Gasteiger partial charge in [-0.2, -0.15) is 0 Å². The zero-order chi connectivity index (χ0) is 17.8. The first-order chi connectivity index (χ1) is 11.9. The number of halogens is 2. The Labute approximate surface area is 158 Å². The number of benzene rings is 1. The molecule has 4 rings (SSSR count). The van der Waals surface area contributed by atoms with Crippen molar-refractivity contribution in [1.29, 1.82) is 0 Å². The van der Waals surface area contributed by atoms with E-state index in [1.807, 2.05) is 0 Å². The van der Waals surface area contributed by atoms with Crippen LogP contribution in [-0.2, 0) is 14.6 Å². The largest absolute Gasteiger partial charge is 0.360 e. The van der Waals surface area contributed by atoms with Crippen molar-refractivity contribution in [2.24, 2.45) is 0 Å². The van der Waals surface area contributed by atoms with Gasteiger partial charge in [-0.3, -0.25) is 4.79 Å². The van der Waals surface area contributed by atoms with Crippen molar-refractivity contribution >= 4 is 43.3 Å². The first kappa shape index (κ1) is 17.3. The third-order valence-corrected chi connectivity index (χ3v) is 8.25. The predicted octanol–water partition coefficient (Wildman–Crippen LogP) is 3.27. The average Bonchev–Trinajstić information content (AvgIpc) is 2.55. The first-order valence-corrected chi connectivity index (χ1v) is 11.5. The van der Waals surface area contributed by atoms with Crippen molar-refractivity contribution in [1.82, 2.24) is 5.32 Å². The Morgan fingerprint density at radius 3 is 2.80 bits per heavy atom. The Bertz CT molecular complexity index is 953. The molecule has 0 amide bonds. The van der Waals surface area contributed by atoms with Crippen LogP contribution in [0.5, 0.6) is 0 Å². The maximum atomic E-state index is 13.7. The molecule has 1 aromatic rings. The van der Waals surface area contributed by atoms with Gasteiger partial charge in [-0.15, -0.1) is 11.8 Å². The molecule has 0 spiro atoms. The number of dihydropyridines is 1. The fourth-order valence-electron chi connectivity index (χ4n) is 3.67. The Hall–Kier alpha value is -1.12. The van der Waals surface area contributed by atoms with E-state index in [2.05, 4.69) is 21.2 Å². The third-order valence-electron chi connectivity index (χ3n) is 4.71. The summed E-state index contributed by atoms with van der Waals surface area (Å²) < 4.78 is 39.6. The SMILES string of the molecule is O=C1CSCC2=C1C(c1ccc(F)c(Br)c1)C1=C(CCCS1(=O)=O)N2. The summed E-state index contributed by atoms with van der Waals surface area (Å²) in [5.41, 5.74) is 2.62. The number of carbonyl (C=O) groups is 1. The predicted molar refractivity (Wildman–Crippen MR) is 99.4 cm³/mol. The van der Waals surface area contributed by atoms with Gasteiger partial charge in [0.25, 0.3) is 0 Å². The highest BCUT2D eigenvalue weighted by atomic mass is 79.9. The van der Waals surface area contributed by atoms with Crippen LogP contribution in [-0.4, -0.2) is 31.5 Å². The number of Topliss-reactive ketones (excluding diaryl/α,β-unsaturated/α-hetero) is 1. The zero-order valence-electron chi connectivity index (χ0n) is 13.1. The number of sulfone groups is 1. The molecule has 3 aliphatic rings. The normalized spacial score (nSPS) is 25.4. The van der Waals surface area contributed by atoms with Crippen LogP contribution < -0.4 is 5.32 Å². The maximum absolute atomic E-state index is 13.7. The van der Waals surface area contributed by atoms with E-state index in [1.165, 1.54) is 17.8 Å². The van der Waals surface area contributed by atoms with Gasteiger partial charge in [0.15, 0.2) is 15.6 Å². The van der Waals surface area contributed by atoms with Crippen molar-refractivity contribution in [3.63, 3.8) is 0 Å². The van der Waals surface area contributed by atoms with Gasteiger partial charge in [-0.1, -0.05) is 6.07 Å². The molecule has 132 valence electrons. The summed E-state index contributed by atoms with van der Waals surface area (Å²) in [6, 6.07) is 4.46. The van der Waals surface area contributed by atoms with Crippen LogP contribution in [0, 0.1) is 5.82 Å². The molecule has 0 fully saturated rings. The minimum atomic E-state index is -3.46. The molecule has 0 aromatic heterocycles. The van der Waals surface area contributed by atoms with Gasteiger partial charge >= 0.3 is 0 Å². The number of carbonyl (C=O) groups excluding carboxylic acids is 1. The molecule has 1 atom stereocenters. The number of thioether (sulfide) groups is 1. The van der Waals surface area contributed by atoms with Gasteiger partial charge in [-0.25, -0.2) is 12.8 Å². The summed E-state index contributed by atoms with van der Waals surface area (Å²) in [4.78, 5) is 12.9. The van der Waals surface area contributed by atoms with E-state index in [0.29, 0.717) is 41.2 Å². The summed E-state index contributed by atoms with van der Waals surface area (Å²) in [6.45, 7) is 0. The van der Waals surface area contributed by atoms with Crippen LogP contribution in [0.4, 0.5) is 4.39 Å². The second-order valence-electron chi connectivity index (χ2n) is 6.30. The van der Waals surface area contributed by atoms with E-state index in [1.54, 1.807) is 12.1 Å². The lowest BCUT2D eigenvalue weighted by molar-refractivity contribution is -0.113. The Kier molecular flexibility index (Phi) is 4.32. The molecule has 1 aromatic carbocycles. The van der Waals surface area contributed by atoms with Gasteiger partial charge < -0.3 is 5.32 Å². The van der Waals surface area contributed by atoms with E-state index in [-0.39, 0.29) is 20.9 Å². The highest BCUT2D eigenvalue weighted by Gasteiger charge is 2.43. The number of allylic oxidation sites excluding steroid dienone is 3. The monoisotopic (exact) mass is 443 g/mol. The first-order valence-electron chi connectivity index (χ1n) is 7.90. The second-order valence-corrected chi connectivity index (χ2v) is 10.2. The second kappa shape index (κ2) is 6.25. The highest BCUT2D eigenvalue weighted by molar-refractivity contribution is 9.10. The molecule has 4 nitrogen and oxygen atoms in total. The van der Waals surface area contributed by atoms with Crippen LogP contribution in [0.1, 0.15) is 24.3 Å². The van der Waals surface area contributed by atoms with Crippen LogP contribution in [0.2, 0.25) is 0 Å². The van der Waals surface area contributed by atoms with Gasteiger partial charge in [0.1, 0.15) is 5.82 Å². The fourth-order valence-corrected chi connectivity index (χ4v) is 6.83. The summed E-state index contributed by atoms with van der Waals surface area (Å²) in [6.07, 6.45) is 1.21. The lowest BCUT2D eigenvalue weighted by atomic mass is 9.83. The molecule has 1 unspecified atom stereocenters. The van der Waals surface area contributed by atoms with Crippen molar-refractivity contribution in [2.45, 2.75) is 18.8 Å². The molecule has 0 radical (unpaired) electrons. The Balaban J connectivity index is 1.97. The molecule has 3 aliphatic heterocycles.